The second-order valence-electron chi connectivity index (χ2n) is 3.44. The van der Waals surface area contributed by atoms with Crippen molar-refractivity contribution in [1.29, 1.82) is 0 Å². The van der Waals surface area contributed by atoms with E-state index in [0.717, 1.165) is 16.5 Å². The predicted molar refractivity (Wildman–Crippen MR) is 63.2 cm³/mol. The maximum atomic E-state index is 6.15. The number of benzene rings is 1. The van der Waals surface area contributed by atoms with Gasteiger partial charge in [0.15, 0.2) is 0 Å². The number of fused-ring (bicyclic) bond motifs is 1. The number of nitrogens with one attached hydrogen (secondary N) is 1. The van der Waals surface area contributed by atoms with E-state index < -0.39 is 0 Å². The fourth-order valence-corrected chi connectivity index (χ4v) is 2.03. The van der Waals surface area contributed by atoms with Crippen LogP contribution in [-0.4, -0.2) is 9.97 Å². The van der Waals surface area contributed by atoms with E-state index in [4.69, 9.17) is 21.8 Å². The van der Waals surface area contributed by atoms with E-state index in [-0.39, 0.29) is 6.01 Å². The third kappa shape index (κ3) is 1.27. The van der Waals surface area contributed by atoms with E-state index in [0.29, 0.717) is 10.7 Å². The quantitative estimate of drug-likeness (QED) is 0.679. The van der Waals surface area contributed by atoms with Gasteiger partial charge in [0.2, 0.25) is 0 Å². The zero-order chi connectivity index (χ0) is 11.1. The molecule has 0 unspecified atom stereocenters. The first-order valence-corrected chi connectivity index (χ1v) is 5.10. The molecule has 0 atom stereocenters. The number of nitrogens with zero attached hydrogens (tertiary/aromatic N) is 1. The molecular weight excluding hydrogens is 226 g/mol. The Morgan fingerprint density at radius 1 is 1.38 bits per heavy atom. The highest BCUT2D eigenvalue weighted by atomic mass is 35.5. The van der Waals surface area contributed by atoms with Gasteiger partial charge in [-0.25, -0.2) is 0 Å². The number of hydrogen-bond acceptors (Lipinski definition) is 3. The Labute approximate surface area is 96.0 Å². The van der Waals surface area contributed by atoms with Crippen LogP contribution < -0.4 is 5.73 Å². The summed E-state index contributed by atoms with van der Waals surface area (Å²) in [5.74, 6) is 0. The Balaban J connectivity index is 2.32. The molecule has 0 bridgehead atoms. The first-order valence-electron chi connectivity index (χ1n) is 4.72. The van der Waals surface area contributed by atoms with Crippen LogP contribution in [0.5, 0.6) is 0 Å². The molecule has 0 amide bonds. The van der Waals surface area contributed by atoms with E-state index in [1.54, 1.807) is 0 Å². The Hall–Kier alpha value is -1.94. The van der Waals surface area contributed by atoms with Gasteiger partial charge >= 0.3 is 0 Å². The Morgan fingerprint density at radius 3 is 3.00 bits per heavy atom. The molecule has 2 aromatic heterocycles. The molecule has 5 heteroatoms. The summed E-state index contributed by atoms with van der Waals surface area (Å²) in [5.41, 5.74) is 7.98. The van der Waals surface area contributed by atoms with Gasteiger partial charge in [0, 0.05) is 22.7 Å². The number of oxazole rings is 1. The lowest BCUT2D eigenvalue weighted by atomic mass is 10.1. The molecule has 1 aromatic carbocycles. The van der Waals surface area contributed by atoms with Gasteiger partial charge in [-0.3, -0.25) is 0 Å². The van der Waals surface area contributed by atoms with Crippen molar-refractivity contribution >= 4 is 28.5 Å². The lowest BCUT2D eigenvalue weighted by Gasteiger charge is -1.96. The Morgan fingerprint density at radius 2 is 2.25 bits per heavy atom. The molecule has 0 aliphatic rings. The summed E-state index contributed by atoms with van der Waals surface area (Å²) in [4.78, 5) is 7.21. The molecule has 16 heavy (non-hydrogen) atoms. The molecular formula is C11H8ClN3O. The van der Waals surface area contributed by atoms with Crippen LogP contribution in [-0.2, 0) is 0 Å². The molecule has 4 nitrogen and oxygen atoms in total. The number of aromatic amines is 1. The van der Waals surface area contributed by atoms with Crippen LogP contribution in [0.15, 0.2) is 35.1 Å². The van der Waals surface area contributed by atoms with Crippen molar-refractivity contribution in [2.75, 3.05) is 5.73 Å². The fraction of sp³-hybridized carbons (Fsp3) is 0. The van der Waals surface area contributed by atoms with E-state index in [1.807, 2.05) is 24.4 Å². The first kappa shape index (κ1) is 9.30. The van der Waals surface area contributed by atoms with E-state index in [2.05, 4.69) is 9.97 Å². The summed E-state index contributed by atoms with van der Waals surface area (Å²) in [6.07, 6.45) is 3.36. The molecule has 0 spiro atoms. The zero-order valence-electron chi connectivity index (χ0n) is 8.20. The molecule has 3 N–H and O–H groups in total. The number of anilines is 1. The van der Waals surface area contributed by atoms with Crippen LogP contribution in [0.3, 0.4) is 0 Å². The minimum Gasteiger partial charge on any atom is -0.432 e. The van der Waals surface area contributed by atoms with Crippen molar-refractivity contribution in [3.05, 3.63) is 35.7 Å². The molecule has 3 rings (SSSR count). The van der Waals surface area contributed by atoms with Crippen LogP contribution >= 0.6 is 11.6 Å². The Kier molecular flexibility index (Phi) is 1.91. The van der Waals surface area contributed by atoms with Crippen LogP contribution in [0.25, 0.3) is 22.2 Å². The van der Waals surface area contributed by atoms with Gasteiger partial charge in [-0.15, -0.1) is 0 Å². The molecule has 0 radical (unpaired) electrons. The standard InChI is InChI=1S/C11H8ClN3O/c12-7-2-1-3-8-10(7)6(4-14-8)9-5-16-11(13)15-9/h1-5,14H,(H2,13,15). The smallest absolute Gasteiger partial charge is 0.292 e. The Bertz CT molecular complexity index is 656. The molecule has 0 aliphatic carbocycles. The second kappa shape index (κ2) is 3.28. The number of aromatic nitrogens is 2. The van der Waals surface area contributed by atoms with Crippen molar-refractivity contribution in [2.24, 2.45) is 0 Å². The van der Waals surface area contributed by atoms with Gasteiger partial charge in [-0.2, -0.15) is 4.98 Å². The maximum absolute atomic E-state index is 6.15. The van der Waals surface area contributed by atoms with Gasteiger partial charge < -0.3 is 15.1 Å². The highest BCUT2D eigenvalue weighted by molar-refractivity contribution is 6.36. The second-order valence-corrected chi connectivity index (χ2v) is 3.84. The zero-order valence-corrected chi connectivity index (χ0v) is 8.95. The summed E-state index contributed by atoms with van der Waals surface area (Å²) in [6.45, 7) is 0. The number of H-pyrrole nitrogens is 1. The largest absolute Gasteiger partial charge is 0.432 e. The number of hydrogen-bond donors (Lipinski definition) is 2. The summed E-state index contributed by atoms with van der Waals surface area (Å²) in [6, 6.07) is 5.83. The topological polar surface area (TPSA) is 67.8 Å². The molecule has 2 heterocycles. The van der Waals surface area contributed by atoms with Crippen molar-refractivity contribution in [3.63, 3.8) is 0 Å². The average molecular weight is 234 g/mol. The van der Waals surface area contributed by atoms with Crippen molar-refractivity contribution in [1.82, 2.24) is 9.97 Å². The minimum atomic E-state index is 0.149. The maximum Gasteiger partial charge on any atom is 0.292 e. The molecule has 80 valence electrons. The lowest BCUT2D eigenvalue weighted by molar-refractivity contribution is 0.581. The van der Waals surface area contributed by atoms with Gasteiger partial charge in [-0.05, 0) is 12.1 Å². The van der Waals surface area contributed by atoms with Gasteiger partial charge in [-0.1, -0.05) is 17.7 Å². The van der Waals surface area contributed by atoms with E-state index in [9.17, 15) is 0 Å². The van der Waals surface area contributed by atoms with Crippen LogP contribution in [0.2, 0.25) is 5.02 Å². The molecule has 0 saturated carbocycles. The summed E-state index contributed by atoms with van der Waals surface area (Å²) in [5, 5.41) is 1.60. The third-order valence-corrected chi connectivity index (χ3v) is 2.77. The van der Waals surface area contributed by atoms with Crippen molar-refractivity contribution in [2.45, 2.75) is 0 Å². The molecule has 0 saturated heterocycles. The number of rotatable bonds is 1. The molecule has 0 fully saturated rings. The van der Waals surface area contributed by atoms with Gasteiger partial charge in [0.25, 0.3) is 6.01 Å². The highest BCUT2D eigenvalue weighted by Crippen LogP contribution is 2.33. The minimum absolute atomic E-state index is 0.149. The average Bonchev–Trinajstić information content (AvgIpc) is 2.84. The van der Waals surface area contributed by atoms with E-state index in [1.165, 1.54) is 6.26 Å². The number of halogens is 1. The van der Waals surface area contributed by atoms with Crippen molar-refractivity contribution < 1.29 is 4.42 Å². The fourth-order valence-electron chi connectivity index (χ4n) is 1.75. The van der Waals surface area contributed by atoms with Gasteiger partial charge in [0.1, 0.15) is 12.0 Å². The van der Waals surface area contributed by atoms with Crippen LogP contribution in [0.4, 0.5) is 6.01 Å². The number of nitrogen functional groups attached to an aromatic ring is 1. The highest BCUT2D eigenvalue weighted by Gasteiger charge is 2.12. The molecule has 3 aromatic rings. The van der Waals surface area contributed by atoms with Crippen LogP contribution in [0.1, 0.15) is 0 Å². The number of nitrogens with two attached hydrogens (primary N) is 1. The normalized spacial score (nSPS) is 11.1. The lowest BCUT2D eigenvalue weighted by Crippen LogP contribution is -1.83. The monoisotopic (exact) mass is 233 g/mol. The first-order chi connectivity index (χ1) is 7.75. The van der Waals surface area contributed by atoms with E-state index >= 15 is 0 Å². The summed E-state index contributed by atoms with van der Waals surface area (Å²) < 4.78 is 4.99. The third-order valence-electron chi connectivity index (χ3n) is 2.45. The molecule has 0 aliphatic heterocycles. The SMILES string of the molecule is Nc1nc(-c2c[nH]c3cccc(Cl)c23)co1. The van der Waals surface area contributed by atoms with Gasteiger partial charge in [0.05, 0.1) is 5.02 Å². The summed E-state index contributed by atoms with van der Waals surface area (Å²) >= 11 is 6.15. The van der Waals surface area contributed by atoms with Crippen molar-refractivity contribution in [3.8, 4) is 11.3 Å². The van der Waals surface area contributed by atoms with Crippen LogP contribution in [0, 0.1) is 0 Å². The summed E-state index contributed by atoms with van der Waals surface area (Å²) in [7, 11) is 0. The predicted octanol–water partition coefficient (Wildman–Crippen LogP) is 3.06.